The number of halogens is 2. The highest BCUT2D eigenvalue weighted by atomic mass is 19.3. The molecular formula is C18H24F2N4O. The van der Waals surface area contributed by atoms with Crippen molar-refractivity contribution in [3.05, 3.63) is 35.8 Å². The molecule has 2 N–H and O–H groups in total. The predicted octanol–water partition coefficient (Wildman–Crippen LogP) is 3.93. The minimum atomic E-state index is -2.66. The van der Waals surface area contributed by atoms with Crippen molar-refractivity contribution in [2.75, 3.05) is 6.61 Å². The van der Waals surface area contributed by atoms with Gasteiger partial charge in [-0.15, -0.1) is 0 Å². The smallest absolute Gasteiger partial charge is 0.267 e. The number of hydrogen-bond donors (Lipinski definition) is 1. The van der Waals surface area contributed by atoms with Crippen LogP contribution in [0.1, 0.15) is 44.9 Å². The first-order chi connectivity index (χ1) is 11.7. The van der Waals surface area contributed by atoms with E-state index in [0.717, 1.165) is 6.42 Å². The molecule has 136 valence electrons. The highest BCUT2D eigenvalue weighted by Crippen LogP contribution is 2.32. The van der Waals surface area contributed by atoms with Gasteiger partial charge in [0.1, 0.15) is 5.75 Å². The summed E-state index contributed by atoms with van der Waals surface area (Å²) in [6.45, 7) is 7.91. The first-order valence-corrected chi connectivity index (χ1v) is 8.15. The normalized spacial score (nSPS) is 13.1. The SMILES string of the molecule is Cc1cc(-c2cc(C(F)F)c(OCC(C)CC(C)(C)N)cn2)cnn1. The number of ether oxygens (including phenoxy) is 1. The first kappa shape index (κ1) is 19.2. The Bertz CT molecular complexity index is 716. The van der Waals surface area contributed by atoms with E-state index in [0.29, 0.717) is 23.6 Å². The van der Waals surface area contributed by atoms with Crippen LogP contribution in [-0.4, -0.2) is 27.3 Å². The third kappa shape index (κ3) is 5.70. The zero-order valence-corrected chi connectivity index (χ0v) is 15.0. The number of nitrogens with zero attached hydrogens (tertiary/aromatic N) is 3. The van der Waals surface area contributed by atoms with E-state index in [9.17, 15) is 8.78 Å². The molecule has 0 saturated heterocycles. The van der Waals surface area contributed by atoms with E-state index in [1.54, 1.807) is 13.0 Å². The van der Waals surface area contributed by atoms with E-state index >= 15 is 0 Å². The minimum Gasteiger partial charge on any atom is -0.491 e. The van der Waals surface area contributed by atoms with Crippen LogP contribution in [-0.2, 0) is 0 Å². The van der Waals surface area contributed by atoms with Crippen LogP contribution in [0.15, 0.2) is 24.5 Å². The summed E-state index contributed by atoms with van der Waals surface area (Å²) in [6, 6.07) is 3.09. The highest BCUT2D eigenvalue weighted by Gasteiger charge is 2.20. The summed E-state index contributed by atoms with van der Waals surface area (Å²) < 4.78 is 32.5. The van der Waals surface area contributed by atoms with E-state index in [4.69, 9.17) is 10.5 Å². The first-order valence-electron chi connectivity index (χ1n) is 8.15. The van der Waals surface area contributed by atoms with Gasteiger partial charge in [0.05, 0.1) is 36.0 Å². The molecule has 2 rings (SSSR count). The summed E-state index contributed by atoms with van der Waals surface area (Å²) >= 11 is 0. The lowest BCUT2D eigenvalue weighted by molar-refractivity contribution is 0.142. The van der Waals surface area contributed by atoms with Crippen LogP contribution in [0, 0.1) is 12.8 Å². The molecule has 0 spiro atoms. The molecule has 0 bridgehead atoms. The number of rotatable bonds is 7. The van der Waals surface area contributed by atoms with Gasteiger partial charge >= 0.3 is 0 Å². The molecule has 2 aromatic rings. The molecule has 0 aromatic carbocycles. The Hall–Kier alpha value is -2.15. The van der Waals surface area contributed by atoms with Gasteiger partial charge < -0.3 is 10.5 Å². The second-order valence-electron chi connectivity index (χ2n) is 7.10. The lowest BCUT2D eigenvalue weighted by Gasteiger charge is -2.23. The van der Waals surface area contributed by atoms with Crippen molar-refractivity contribution in [2.24, 2.45) is 11.7 Å². The maximum absolute atomic E-state index is 13.4. The Balaban J connectivity index is 2.19. The molecule has 0 aliphatic rings. The fourth-order valence-corrected chi connectivity index (χ4v) is 2.71. The van der Waals surface area contributed by atoms with Crippen LogP contribution in [0.25, 0.3) is 11.3 Å². The molecule has 0 fully saturated rings. The molecule has 5 nitrogen and oxygen atoms in total. The number of hydrogen-bond acceptors (Lipinski definition) is 5. The Morgan fingerprint density at radius 2 is 1.96 bits per heavy atom. The van der Waals surface area contributed by atoms with Gasteiger partial charge in [0.15, 0.2) is 0 Å². The van der Waals surface area contributed by atoms with Crippen molar-refractivity contribution in [3.63, 3.8) is 0 Å². The molecular weight excluding hydrogens is 326 g/mol. The van der Waals surface area contributed by atoms with Gasteiger partial charge in [-0.05, 0) is 45.2 Å². The molecule has 0 amide bonds. The van der Waals surface area contributed by atoms with Crippen LogP contribution in [0.2, 0.25) is 0 Å². The molecule has 0 saturated carbocycles. The van der Waals surface area contributed by atoms with Crippen molar-refractivity contribution < 1.29 is 13.5 Å². The quantitative estimate of drug-likeness (QED) is 0.819. The standard InChI is InChI=1S/C18H24F2N4O/c1-11(7-18(3,4)21)10-25-16-9-22-15(6-14(16)17(19)20)13-5-12(2)24-23-8-13/h5-6,8-9,11,17H,7,10,21H2,1-4H3. The summed E-state index contributed by atoms with van der Waals surface area (Å²) in [5.74, 6) is 0.233. The van der Waals surface area contributed by atoms with Gasteiger partial charge in [0, 0.05) is 11.1 Å². The monoisotopic (exact) mass is 350 g/mol. The fraction of sp³-hybridized carbons (Fsp3) is 0.500. The van der Waals surface area contributed by atoms with Gasteiger partial charge in [-0.2, -0.15) is 10.2 Å². The molecule has 25 heavy (non-hydrogen) atoms. The Morgan fingerprint density at radius 1 is 1.24 bits per heavy atom. The summed E-state index contributed by atoms with van der Waals surface area (Å²) in [7, 11) is 0. The van der Waals surface area contributed by atoms with E-state index in [1.165, 1.54) is 18.5 Å². The zero-order chi connectivity index (χ0) is 18.6. The fourth-order valence-electron chi connectivity index (χ4n) is 2.71. The van der Waals surface area contributed by atoms with Crippen LogP contribution >= 0.6 is 0 Å². The Labute approximate surface area is 146 Å². The van der Waals surface area contributed by atoms with Crippen LogP contribution in [0.3, 0.4) is 0 Å². The van der Waals surface area contributed by atoms with Crippen LogP contribution in [0.4, 0.5) is 8.78 Å². The molecule has 2 aromatic heterocycles. The molecule has 0 aliphatic carbocycles. The lowest BCUT2D eigenvalue weighted by atomic mass is 9.93. The Kier molecular flexibility index (Phi) is 6.00. The molecule has 2 heterocycles. The molecule has 0 radical (unpaired) electrons. The van der Waals surface area contributed by atoms with Crippen LogP contribution < -0.4 is 10.5 Å². The number of nitrogens with two attached hydrogens (primary N) is 1. The Morgan fingerprint density at radius 3 is 2.56 bits per heavy atom. The zero-order valence-electron chi connectivity index (χ0n) is 15.0. The number of pyridine rings is 1. The van der Waals surface area contributed by atoms with E-state index < -0.39 is 6.43 Å². The molecule has 0 aliphatic heterocycles. The van der Waals surface area contributed by atoms with Gasteiger partial charge in [-0.1, -0.05) is 6.92 Å². The number of aromatic nitrogens is 3. The molecule has 1 unspecified atom stereocenters. The van der Waals surface area contributed by atoms with Gasteiger partial charge in [0.25, 0.3) is 6.43 Å². The average molecular weight is 350 g/mol. The second-order valence-corrected chi connectivity index (χ2v) is 7.10. The van der Waals surface area contributed by atoms with E-state index in [1.807, 2.05) is 20.8 Å². The van der Waals surface area contributed by atoms with Crippen molar-refractivity contribution in [2.45, 2.75) is 46.1 Å². The molecule has 7 heteroatoms. The third-order valence-electron chi connectivity index (χ3n) is 3.60. The van der Waals surface area contributed by atoms with Gasteiger partial charge in [-0.3, -0.25) is 4.98 Å². The highest BCUT2D eigenvalue weighted by molar-refractivity contribution is 5.60. The number of aryl methyl sites for hydroxylation is 1. The minimum absolute atomic E-state index is 0.0964. The summed E-state index contributed by atoms with van der Waals surface area (Å²) in [4.78, 5) is 4.23. The van der Waals surface area contributed by atoms with Crippen LogP contribution in [0.5, 0.6) is 5.75 Å². The third-order valence-corrected chi connectivity index (χ3v) is 3.60. The molecule has 1 atom stereocenters. The summed E-state index contributed by atoms with van der Waals surface area (Å²) in [5, 5.41) is 7.69. The maximum atomic E-state index is 13.4. The van der Waals surface area contributed by atoms with Gasteiger partial charge in [-0.25, -0.2) is 8.78 Å². The predicted molar refractivity (Wildman–Crippen MR) is 92.5 cm³/mol. The average Bonchev–Trinajstić information content (AvgIpc) is 2.51. The van der Waals surface area contributed by atoms with Crippen molar-refractivity contribution in [1.82, 2.24) is 15.2 Å². The van der Waals surface area contributed by atoms with E-state index in [2.05, 4.69) is 15.2 Å². The second kappa shape index (κ2) is 7.82. The topological polar surface area (TPSA) is 73.9 Å². The van der Waals surface area contributed by atoms with Crippen molar-refractivity contribution in [3.8, 4) is 17.0 Å². The largest absolute Gasteiger partial charge is 0.491 e. The van der Waals surface area contributed by atoms with Crippen molar-refractivity contribution >= 4 is 0 Å². The van der Waals surface area contributed by atoms with Crippen molar-refractivity contribution in [1.29, 1.82) is 0 Å². The number of alkyl halides is 2. The van der Waals surface area contributed by atoms with Gasteiger partial charge in [0.2, 0.25) is 0 Å². The summed E-state index contributed by atoms with van der Waals surface area (Å²) in [5.41, 5.74) is 7.21. The van der Waals surface area contributed by atoms with E-state index in [-0.39, 0.29) is 22.8 Å². The summed E-state index contributed by atoms with van der Waals surface area (Å²) in [6.07, 6.45) is 0.905. The maximum Gasteiger partial charge on any atom is 0.267 e. The lowest BCUT2D eigenvalue weighted by Crippen LogP contribution is -2.35.